The molecular weight excluding hydrogens is 395 g/mol. The van der Waals surface area contributed by atoms with Gasteiger partial charge in [0, 0.05) is 30.8 Å². The second-order valence-corrected chi connectivity index (χ2v) is 8.20. The van der Waals surface area contributed by atoms with Crippen LogP contribution in [0.1, 0.15) is 18.4 Å². The minimum absolute atomic E-state index is 0.0465. The van der Waals surface area contributed by atoms with Gasteiger partial charge in [0.15, 0.2) is 0 Å². The van der Waals surface area contributed by atoms with E-state index in [9.17, 15) is 22.8 Å². The van der Waals surface area contributed by atoms with E-state index in [4.69, 9.17) is 4.74 Å². The number of aromatic amines is 1. The maximum atomic E-state index is 12.8. The fourth-order valence-corrected chi connectivity index (χ4v) is 4.67. The molecule has 0 aliphatic carbocycles. The topological polar surface area (TPSA) is 64.0 Å². The van der Waals surface area contributed by atoms with Crippen molar-refractivity contribution in [2.45, 2.75) is 24.3 Å². The Bertz CT molecular complexity index is 706. The number of halogens is 3. The molecular formula is C18H23F3N3O3S+. The summed E-state index contributed by atoms with van der Waals surface area (Å²) in [5.41, 5.74) is -0.718. The highest BCUT2D eigenvalue weighted by Gasteiger charge is 2.36. The molecule has 10 heteroatoms. The first-order valence-corrected chi connectivity index (χ1v) is 10.2. The number of pyridine rings is 1. The molecule has 0 aromatic carbocycles. The third kappa shape index (κ3) is 4.71. The first kappa shape index (κ1) is 20.8. The lowest BCUT2D eigenvalue weighted by Crippen LogP contribution is -2.49. The Morgan fingerprint density at radius 1 is 1.21 bits per heavy atom. The van der Waals surface area contributed by atoms with Crippen LogP contribution in [-0.4, -0.2) is 61.1 Å². The lowest BCUT2D eigenvalue weighted by atomic mass is 9.95. The number of hydrogen-bond acceptors (Lipinski definition) is 5. The van der Waals surface area contributed by atoms with Crippen molar-refractivity contribution >= 4 is 29.5 Å². The number of esters is 1. The maximum Gasteiger partial charge on any atom is 0.419 e. The Hall–Kier alpha value is -1.97. The quantitative estimate of drug-likeness (QED) is 0.701. The first-order chi connectivity index (χ1) is 13.3. The normalized spacial score (nSPS) is 21.5. The van der Waals surface area contributed by atoms with Gasteiger partial charge in [-0.15, -0.1) is 11.8 Å². The van der Waals surface area contributed by atoms with Crippen LogP contribution in [0.5, 0.6) is 0 Å². The van der Waals surface area contributed by atoms with E-state index < -0.39 is 11.7 Å². The summed E-state index contributed by atoms with van der Waals surface area (Å²) in [5, 5.41) is -0.343. The number of carbonyl (C=O) groups is 2. The lowest BCUT2D eigenvalue weighted by Gasteiger charge is -2.35. The summed E-state index contributed by atoms with van der Waals surface area (Å²) in [5.74, 6) is 0.914. The highest BCUT2D eigenvalue weighted by molar-refractivity contribution is 8.00. The maximum absolute atomic E-state index is 12.8. The van der Waals surface area contributed by atoms with Crippen LogP contribution in [0.2, 0.25) is 0 Å². The van der Waals surface area contributed by atoms with Gasteiger partial charge >= 0.3 is 12.1 Å². The van der Waals surface area contributed by atoms with Gasteiger partial charge in [-0.25, -0.2) is 4.98 Å². The van der Waals surface area contributed by atoms with Crippen LogP contribution in [0.25, 0.3) is 0 Å². The molecule has 3 rings (SSSR count). The number of rotatable bonds is 3. The van der Waals surface area contributed by atoms with Gasteiger partial charge in [-0.1, -0.05) is 0 Å². The minimum Gasteiger partial charge on any atom is -0.468 e. The standard InChI is InChI=1S/C18H22F3N3O3S/c1-27-17(26)14-11-24(8-9-28-14)16(25)12-4-6-23(7-5-12)15-3-2-13(10-22-15)18(19,20)21/h2-3,10,12,14H,4-9,11H2,1H3/p+1/t14-/m1/s1. The number of ether oxygens (including phenoxy) is 1. The number of anilines is 1. The van der Waals surface area contributed by atoms with Crippen molar-refractivity contribution in [3.8, 4) is 0 Å². The number of piperidine rings is 1. The number of methoxy groups -OCH3 is 1. The van der Waals surface area contributed by atoms with Crippen LogP contribution in [0.3, 0.4) is 0 Å². The molecule has 2 aliphatic heterocycles. The smallest absolute Gasteiger partial charge is 0.419 e. The van der Waals surface area contributed by atoms with E-state index in [0.29, 0.717) is 50.6 Å². The van der Waals surface area contributed by atoms with E-state index in [1.54, 1.807) is 4.90 Å². The van der Waals surface area contributed by atoms with Crippen molar-refractivity contribution in [3.05, 3.63) is 23.9 Å². The number of H-pyrrole nitrogens is 1. The second-order valence-electron chi connectivity index (χ2n) is 6.89. The summed E-state index contributed by atoms with van der Waals surface area (Å²) < 4.78 is 42.8. The predicted molar refractivity (Wildman–Crippen MR) is 97.8 cm³/mol. The number of aromatic nitrogens is 1. The SMILES string of the molecule is COC(=O)[C@H]1CN(C(=O)C2CCN(c3ccc(C(F)(F)F)c[nH+]3)CC2)CCS1. The van der Waals surface area contributed by atoms with Gasteiger partial charge in [0.1, 0.15) is 11.4 Å². The van der Waals surface area contributed by atoms with Crippen LogP contribution < -0.4 is 9.88 Å². The fourth-order valence-electron chi connectivity index (χ4n) is 3.54. The summed E-state index contributed by atoms with van der Waals surface area (Å²) in [6.45, 7) is 2.15. The molecule has 1 aromatic rings. The molecule has 1 aromatic heterocycles. The van der Waals surface area contributed by atoms with Crippen molar-refractivity contribution in [1.29, 1.82) is 0 Å². The molecule has 0 radical (unpaired) electrons. The van der Waals surface area contributed by atoms with Crippen molar-refractivity contribution < 1.29 is 32.5 Å². The Morgan fingerprint density at radius 3 is 2.50 bits per heavy atom. The summed E-state index contributed by atoms with van der Waals surface area (Å²) >= 11 is 1.50. The molecule has 28 heavy (non-hydrogen) atoms. The van der Waals surface area contributed by atoms with E-state index >= 15 is 0 Å². The van der Waals surface area contributed by atoms with Crippen LogP contribution >= 0.6 is 11.8 Å². The number of amides is 1. The van der Waals surface area contributed by atoms with E-state index in [1.807, 2.05) is 4.90 Å². The molecule has 0 unspecified atom stereocenters. The van der Waals surface area contributed by atoms with E-state index in [2.05, 4.69) is 4.98 Å². The Labute approximate surface area is 165 Å². The molecule has 2 fully saturated rings. The fraction of sp³-hybridized carbons (Fsp3) is 0.611. The third-order valence-electron chi connectivity index (χ3n) is 5.15. The molecule has 2 aliphatic rings. The van der Waals surface area contributed by atoms with Crippen molar-refractivity contribution in [3.63, 3.8) is 0 Å². The number of thioether (sulfide) groups is 1. The third-order valence-corrected chi connectivity index (χ3v) is 6.31. The monoisotopic (exact) mass is 418 g/mol. The van der Waals surface area contributed by atoms with Crippen LogP contribution in [0, 0.1) is 5.92 Å². The Balaban J connectivity index is 1.55. The molecule has 0 spiro atoms. The Kier molecular flexibility index (Phi) is 6.36. The van der Waals surface area contributed by atoms with Gasteiger partial charge in [-0.05, 0) is 18.9 Å². The zero-order valence-electron chi connectivity index (χ0n) is 15.5. The van der Waals surface area contributed by atoms with Crippen molar-refractivity contribution in [2.24, 2.45) is 5.92 Å². The molecule has 1 N–H and O–H groups in total. The number of alkyl halides is 3. The molecule has 1 amide bonds. The number of carbonyl (C=O) groups excluding carboxylic acids is 2. The zero-order chi connectivity index (χ0) is 20.3. The van der Waals surface area contributed by atoms with E-state index in [1.165, 1.54) is 24.9 Å². The molecule has 3 heterocycles. The molecule has 0 bridgehead atoms. The zero-order valence-corrected chi connectivity index (χ0v) is 16.3. The second kappa shape index (κ2) is 8.59. The molecule has 0 saturated carbocycles. The van der Waals surface area contributed by atoms with E-state index in [0.717, 1.165) is 12.3 Å². The van der Waals surface area contributed by atoms with Crippen LogP contribution in [-0.2, 0) is 20.5 Å². The number of hydrogen-bond donors (Lipinski definition) is 0. The highest BCUT2D eigenvalue weighted by Crippen LogP contribution is 2.29. The summed E-state index contributed by atoms with van der Waals surface area (Å²) in [7, 11) is 1.34. The van der Waals surface area contributed by atoms with Gasteiger partial charge in [0.05, 0.1) is 25.8 Å². The summed E-state index contributed by atoms with van der Waals surface area (Å²) in [6, 6.07) is 2.48. The summed E-state index contributed by atoms with van der Waals surface area (Å²) in [4.78, 5) is 30.9. The number of nitrogens with zero attached hydrogens (tertiary/aromatic N) is 2. The highest BCUT2D eigenvalue weighted by atomic mass is 32.2. The van der Waals surface area contributed by atoms with Crippen LogP contribution in [0.4, 0.5) is 19.0 Å². The van der Waals surface area contributed by atoms with Gasteiger partial charge in [-0.3, -0.25) is 14.5 Å². The van der Waals surface area contributed by atoms with Crippen LogP contribution in [0.15, 0.2) is 18.3 Å². The number of nitrogens with one attached hydrogen (secondary N) is 1. The predicted octanol–water partition coefficient (Wildman–Crippen LogP) is 1.85. The first-order valence-electron chi connectivity index (χ1n) is 9.11. The molecule has 1 atom stereocenters. The average Bonchev–Trinajstić information content (AvgIpc) is 2.72. The van der Waals surface area contributed by atoms with Gasteiger partial charge in [0.2, 0.25) is 5.91 Å². The van der Waals surface area contributed by atoms with Crippen molar-refractivity contribution in [1.82, 2.24) is 4.90 Å². The lowest BCUT2D eigenvalue weighted by molar-refractivity contribution is -0.367. The molecule has 6 nitrogen and oxygen atoms in total. The van der Waals surface area contributed by atoms with Gasteiger partial charge < -0.3 is 9.64 Å². The summed E-state index contributed by atoms with van der Waals surface area (Å²) in [6.07, 6.45) is -2.16. The Morgan fingerprint density at radius 2 is 1.93 bits per heavy atom. The molecule has 154 valence electrons. The minimum atomic E-state index is -4.37. The van der Waals surface area contributed by atoms with E-state index in [-0.39, 0.29) is 23.0 Å². The van der Waals surface area contributed by atoms with Gasteiger partial charge in [-0.2, -0.15) is 13.2 Å². The van der Waals surface area contributed by atoms with Crippen molar-refractivity contribution in [2.75, 3.05) is 43.9 Å². The molecule has 2 saturated heterocycles. The largest absolute Gasteiger partial charge is 0.468 e. The van der Waals surface area contributed by atoms with Gasteiger partial charge in [0.25, 0.3) is 5.82 Å². The average molecular weight is 418 g/mol.